The van der Waals surface area contributed by atoms with Crippen molar-refractivity contribution in [2.24, 2.45) is 0 Å². The third kappa shape index (κ3) is 5.36. The molecule has 3 aromatic heterocycles. The number of aryl methyl sites for hydroxylation is 3. The quantitative estimate of drug-likeness (QED) is 0.182. The van der Waals surface area contributed by atoms with Gasteiger partial charge in [-0.2, -0.15) is 5.10 Å². The smallest absolute Gasteiger partial charge is 0.137 e. The lowest BCUT2D eigenvalue weighted by molar-refractivity contribution is 0.481. The molecule has 0 amide bonds. The van der Waals surface area contributed by atoms with E-state index in [4.69, 9.17) is 14.8 Å². The SMILES string of the molecule is CCCc1nn(-c2cc(C)cc(Oc3ccc4c5ccccc5n(-c5cc(C)ccn5)c4c3)c2)c(C(C)(C)C)c1-c1ccccc1. The third-order valence-electron chi connectivity index (χ3n) is 8.51. The molecule has 230 valence electrons. The van der Waals surface area contributed by atoms with Gasteiger partial charge in [0.2, 0.25) is 0 Å². The van der Waals surface area contributed by atoms with Crippen LogP contribution in [-0.4, -0.2) is 19.3 Å². The second-order valence-corrected chi connectivity index (χ2v) is 13.3. The summed E-state index contributed by atoms with van der Waals surface area (Å²) in [7, 11) is 0. The molecule has 0 saturated carbocycles. The molecule has 0 aliphatic heterocycles. The number of hydrogen-bond acceptors (Lipinski definition) is 3. The highest BCUT2D eigenvalue weighted by Gasteiger charge is 2.29. The largest absolute Gasteiger partial charge is 0.457 e. The molecular formula is C41H40N4O. The fourth-order valence-corrected chi connectivity index (χ4v) is 6.61. The molecule has 0 unspecified atom stereocenters. The summed E-state index contributed by atoms with van der Waals surface area (Å²) in [4.78, 5) is 4.74. The van der Waals surface area contributed by atoms with Gasteiger partial charge in [0.15, 0.2) is 0 Å². The minimum Gasteiger partial charge on any atom is -0.457 e. The van der Waals surface area contributed by atoms with E-state index in [1.54, 1.807) is 0 Å². The van der Waals surface area contributed by atoms with Crippen LogP contribution in [0.1, 0.15) is 56.6 Å². The minimum atomic E-state index is -0.142. The highest BCUT2D eigenvalue weighted by Crippen LogP contribution is 2.39. The van der Waals surface area contributed by atoms with Crippen LogP contribution in [-0.2, 0) is 11.8 Å². The highest BCUT2D eigenvalue weighted by molar-refractivity contribution is 6.09. The highest BCUT2D eigenvalue weighted by atomic mass is 16.5. The summed E-state index contributed by atoms with van der Waals surface area (Å²) in [6.45, 7) is 13.2. The van der Waals surface area contributed by atoms with Crippen molar-refractivity contribution < 1.29 is 4.74 Å². The fourth-order valence-electron chi connectivity index (χ4n) is 6.61. The monoisotopic (exact) mass is 604 g/mol. The van der Waals surface area contributed by atoms with Gasteiger partial charge in [-0.05, 0) is 79.4 Å². The molecule has 0 aliphatic rings. The molecule has 5 heteroatoms. The van der Waals surface area contributed by atoms with Crippen molar-refractivity contribution in [1.82, 2.24) is 19.3 Å². The number of nitrogens with zero attached hydrogens (tertiary/aromatic N) is 4. The Kier molecular flexibility index (Phi) is 7.48. The predicted octanol–water partition coefficient (Wildman–Crippen LogP) is 10.7. The first-order valence-electron chi connectivity index (χ1n) is 16.1. The van der Waals surface area contributed by atoms with Crippen molar-refractivity contribution >= 4 is 21.8 Å². The molecule has 3 heterocycles. The van der Waals surface area contributed by atoms with Gasteiger partial charge in [-0.1, -0.05) is 82.6 Å². The molecule has 0 radical (unpaired) electrons. The molecule has 0 fully saturated rings. The maximum absolute atomic E-state index is 6.66. The van der Waals surface area contributed by atoms with Gasteiger partial charge in [-0.3, -0.25) is 4.57 Å². The number of para-hydroxylation sites is 1. The van der Waals surface area contributed by atoms with Gasteiger partial charge in [-0.15, -0.1) is 0 Å². The van der Waals surface area contributed by atoms with Crippen molar-refractivity contribution in [2.75, 3.05) is 0 Å². The van der Waals surface area contributed by atoms with E-state index in [1.165, 1.54) is 33.2 Å². The number of benzene rings is 4. The predicted molar refractivity (Wildman–Crippen MR) is 190 cm³/mol. The van der Waals surface area contributed by atoms with E-state index in [9.17, 15) is 0 Å². The van der Waals surface area contributed by atoms with Crippen LogP contribution < -0.4 is 4.74 Å². The lowest BCUT2D eigenvalue weighted by Gasteiger charge is -2.23. The molecule has 5 nitrogen and oxygen atoms in total. The number of aromatic nitrogens is 4. The van der Waals surface area contributed by atoms with Crippen LogP contribution in [0.2, 0.25) is 0 Å². The molecule has 0 bridgehead atoms. The molecule has 0 N–H and O–H groups in total. The van der Waals surface area contributed by atoms with E-state index in [0.717, 1.165) is 58.1 Å². The third-order valence-corrected chi connectivity index (χ3v) is 8.51. The van der Waals surface area contributed by atoms with Crippen LogP contribution in [0.3, 0.4) is 0 Å². The number of rotatable bonds is 7. The number of pyridine rings is 1. The van der Waals surface area contributed by atoms with Crippen molar-refractivity contribution in [3.8, 4) is 34.1 Å². The Labute approximate surface area is 271 Å². The van der Waals surface area contributed by atoms with Crippen molar-refractivity contribution in [3.63, 3.8) is 0 Å². The molecule has 0 saturated heterocycles. The van der Waals surface area contributed by atoms with Gasteiger partial charge in [0.1, 0.15) is 17.3 Å². The first-order valence-corrected chi connectivity index (χ1v) is 16.1. The zero-order valence-electron chi connectivity index (χ0n) is 27.5. The van der Waals surface area contributed by atoms with Gasteiger partial charge in [-0.25, -0.2) is 9.67 Å². The molecule has 46 heavy (non-hydrogen) atoms. The van der Waals surface area contributed by atoms with E-state index in [2.05, 4.69) is 148 Å². The maximum Gasteiger partial charge on any atom is 0.137 e. The first-order chi connectivity index (χ1) is 22.2. The average molecular weight is 605 g/mol. The number of fused-ring (bicyclic) bond motifs is 3. The Morgan fingerprint density at radius 2 is 1.48 bits per heavy atom. The van der Waals surface area contributed by atoms with E-state index in [-0.39, 0.29) is 5.41 Å². The Balaban J connectivity index is 1.35. The van der Waals surface area contributed by atoms with Crippen LogP contribution in [0.15, 0.2) is 109 Å². The second-order valence-electron chi connectivity index (χ2n) is 13.3. The molecule has 7 aromatic rings. The summed E-state index contributed by atoms with van der Waals surface area (Å²) in [5.74, 6) is 2.44. The molecule has 0 aliphatic carbocycles. The minimum absolute atomic E-state index is 0.142. The lowest BCUT2D eigenvalue weighted by Crippen LogP contribution is -2.18. The first kappa shape index (κ1) is 29.5. The Hall–Kier alpha value is -5.16. The van der Waals surface area contributed by atoms with Crippen LogP contribution in [0, 0.1) is 13.8 Å². The Morgan fingerprint density at radius 1 is 0.717 bits per heavy atom. The van der Waals surface area contributed by atoms with Crippen LogP contribution in [0.25, 0.3) is 44.4 Å². The van der Waals surface area contributed by atoms with Crippen molar-refractivity contribution in [2.45, 2.75) is 59.8 Å². The van der Waals surface area contributed by atoms with Crippen molar-refractivity contribution in [3.05, 3.63) is 132 Å². The lowest BCUT2D eigenvalue weighted by atomic mass is 9.85. The van der Waals surface area contributed by atoms with Crippen LogP contribution >= 0.6 is 0 Å². The van der Waals surface area contributed by atoms with Crippen molar-refractivity contribution in [1.29, 1.82) is 0 Å². The Bertz CT molecular complexity index is 2200. The summed E-state index contributed by atoms with van der Waals surface area (Å²) >= 11 is 0. The molecule has 7 rings (SSSR count). The summed E-state index contributed by atoms with van der Waals surface area (Å²) in [6, 6.07) is 36.1. The van der Waals surface area contributed by atoms with Gasteiger partial charge in [0, 0.05) is 40.1 Å². The molecule has 0 atom stereocenters. The van der Waals surface area contributed by atoms with Gasteiger partial charge in [0.05, 0.1) is 28.1 Å². The summed E-state index contributed by atoms with van der Waals surface area (Å²) < 4.78 is 11.0. The summed E-state index contributed by atoms with van der Waals surface area (Å²) in [5, 5.41) is 7.63. The van der Waals surface area contributed by atoms with E-state index < -0.39 is 0 Å². The second kappa shape index (κ2) is 11.6. The molecule has 4 aromatic carbocycles. The van der Waals surface area contributed by atoms with E-state index in [1.807, 2.05) is 12.3 Å². The number of ether oxygens (including phenoxy) is 1. The average Bonchev–Trinajstić information content (AvgIpc) is 3.58. The summed E-state index contributed by atoms with van der Waals surface area (Å²) in [6.07, 6.45) is 3.81. The fraction of sp³-hybridized carbons (Fsp3) is 0.220. The van der Waals surface area contributed by atoms with E-state index in [0.29, 0.717) is 0 Å². The van der Waals surface area contributed by atoms with Gasteiger partial charge >= 0.3 is 0 Å². The van der Waals surface area contributed by atoms with Gasteiger partial charge < -0.3 is 4.74 Å². The zero-order chi connectivity index (χ0) is 32.0. The molecule has 0 spiro atoms. The normalized spacial score (nSPS) is 11.9. The Morgan fingerprint density at radius 3 is 2.24 bits per heavy atom. The van der Waals surface area contributed by atoms with Gasteiger partial charge in [0.25, 0.3) is 0 Å². The molecular weight excluding hydrogens is 564 g/mol. The number of hydrogen-bond donors (Lipinski definition) is 0. The van der Waals surface area contributed by atoms with E-state index >= 15 is 0 Å². The standard InChI is InChI=1S/C41H40N4O/c1-7-13-35-39(29-14-9-8-10-15-29)40(41(4,5)6)45(43-35)30-22-28(3)23-32(25-30)46-31-18-19-34-33-16-11-12-17-36(33)44(37(34)26-31)38-24-27(2)20-21-42-38/h8-12,14-26H,7,13H2,1-6H3. The maximum atomic E-state index is 6.66. The summed E-state index contributed by atoms with van der Waals surface area (Å²) in [5.41, 5.74) is 10.1. The van der Waals surface area contributed by atoms with Crippen LogP contribution in [0.5, 0.6) is 11.5 Å². The zero-order valence-corrected chi connectivity index (χ0v) is 27.5. The topological polar surface area (TPSA) is 44.9 Å². The van der Waals surface area contributed by atoms with Crippen LogP contribution in [0.4, 0.5) is 0 Å².